The third-order valence-electron chi connectivity index (χ3n) is 5.42. The minimum Gasteiger partial charge on any atom is -0.351 e. The number of halogens is 4. The molecule has 0 aliphatic carbocycles. The molecule has 0 spiro atoms. The summed E-state index contributed by atoms with van der Waals surface area (Å²) in [5.41, 5.74) is 1.07. The molecule has 1 amide bonds. The molecule has 6 nitrogen and oxygen atoms in total. The Morgan fingerprint density at radius 1 is 1.03 bits per heavy atom. The van der Waals surface area contributed by atoms with Crippen LogP contribution in [0.5, 0.6) is 0 Å². The molecule has 4 rings (SSSR count). The van der Waals surface area contributed by atoms with E-state index in [-0.39, 0.29) is 32.1 Å². The normalized spacial score (nSPS) is 16.0. The van der Waals surface area contributed by atoms with Crippen molar-refractivity contribution in [1.82, 2.24) is 14.2 Å². The van der Waals surface area contributed by atoms with Crippen LogP contribution in [0.25, 0.3) is 10.9 Å². The zero-order chi connectivity index (χ0) is 23.3. The number of alkyl halides is 3. The van der Waals surface area contributed by atoms with Crippen LogP contribution in [0.15, 0.2) is 47.4 Å². The van der Waals surface area contributed by atoms with Gasteiger partial charge in [-0.2, -0.15) is 17.5 Å². The molecule has 2 aromatic carbocycles. The Morgan fingerprint density at radius 3 is 2.38 bits per heavy atom. The van der Waals surface area contributed by atoms with Gasteiger partial charge in [0.15, 0.2) is 0 Å². The molecule has 11 heteroatoms. The van der Waals surface area contributed by atoms with E-state index in [4.69, 9.17) is 11.6 Å². The summed E-state index contributed by atoms with van der Waals surface area (Å²) in [6.45, 7) is 2.12. The molecule has 32 heavy (non-hydrogen) atoms. The molecule has 0 unspecified atom stereocenters. The number of sulfonamides is 1. The van der Waals surface area contributed by atoms with Crippen molar-refractivity contribution in [2.75, 3.05) is 26.2 Å². The number of rotatable bonds is 3. The van der Waals surface area contributed by atoms with Crippen LogP contribution in [0.1, 0.15) is 21.6 Å². The highest BCUT2D eigenvalue weighted by Crippen LogP contribution is 2.36. The van der Waals surface area contributed by atoms with Gasteiger partial charge in [-0.05, 0) is 42.8 Å². The quantitative estimate of drug-likeness (QED) is 0.601. The van der Waals surface area contributed by atoms with Crippen molar-refractivity contribution in [2.45, 2.75) is 18.0 Å². The highest BCUT2D eigenvalue weighted by atomic mass is 35.5. The number of carbonyl (C=O) groups is 1. The first-order valence-electron chi connectivity index (χ1n) is 9.72. The fourth-order valence-corrected chi connectivity index (χ4v) is 5.36. The lowest BCUT2D eigenvalue weighted by atomic mass is 10.2. The number of aromatic nitrogens is 1. The number of nitrogens with zero attached hydrogens (tertiary/aromatic N) is 2. The third kappa shape index (κ3) is 4.22. The van der Waals surface area contributed by atoms with E-state index in [0.29, 0.717) is 11.8 Å². The van der Waals surface area contributed by atoms with Crippen LogP contribution in [-0.2, 0) is 16.2 Å². The van der Waals surface area contributed by atoms with Crippen LogP contribution in [0.2, 0.25) is 5.02 Å². The van der Waals surface area contributed by atoms with E-state index in [0.717, 1.165) is 32.9 Å². The summed E-state index contributed by atoms with van der Waals surface area (Å²) in [6, 6.07) is 10.0. The predicted octanol–water partition coefficient (Wildman–Crippen LogP) is 4.30. The summed E-state index contributed by atoms with van der Waals surface area (Å²) in [7, 11) is -4.17. The van der Waals surface area contributed by atoms with E-state index in [2.05, 4.69) is 4.98 Å². The van der Waals surface area contributed by atoms with E-state index < -0.39 is 31.7 Å². The molecule has 170 valence electrons. The van der Waals surface area contributed by atoms with E-state index in [1.807, 2.05) is 25.1 Å². The molecule has 0 radical (unpaired) electrons. The Kier molecular flexibility index (Phi) is 5.72. The van der Waals surface area contributed by atoms with Gasteiger partial charge in [-0.1, -0.05) is 23.7 Å². The van der Waals surface area contributed by atoms with Crippen LogP contribution >= 0.6 is 11.6 Å². The smallest absolute Gasteiger partial charge is 0.351 e. The van der Waals surface area contributed by atoms with Crippen molar-refractivity contribution in [3.05, 3.63) is 64.3 Å². The Bertz CT molecular complexity index is 1300. The van der Waals surface area contributed by atoms with Gasteiger partial charge in [-0.15, -0.1) is 0 Å². The third-order valence-corrected chi connectivity index (χ3v) is 7.64. The van der Waals surface area contributed by atoms with Crippen molar-refractivity contribution in [1.29, 1.82) is 0 Å². The number of fused-ring (bicyclic) bond motifs is 1. The molecular weight excluding hydrogens is 467 g/mol. The van der Waals surface area contributed by atoms with Gasteiger partial charge in [0, 0.05) is 37.1 Å². The molecule has 1 N–H and O–H groups in total. The molecule has 1 fully saturated rings. The van der Waals surface area contributed by atoms with Crippen LogP contribution in [-0.4, -0.2) is 54.7 Å². The standard InChI is InChI=1S/C21H19ClF3N3O3S/c1-13-2-3-14-11-19(26-18(14)10-13)20(29)27-6-8-28(9-7-27)32(30,31)15-4-5-17(22)16(12-15)21(23,24)25/h2-5,10-12,26H,6-9H2,1H3. The van der Waals surface area contributed by atoms with Gasteiger partial charge in [-0.25, -0.2) is 8.42 Å². The van der Waals surface area contributed by atoms with E-state index in [9.17, 15) is 26.4 Å². The molecule has 0 atom stereocenters. The minimum atomic E-state index is -4.77. The van der Waals surface area contributed by atoms with Gasteiger partial charge in [-0.3, -0.25) is 4.79 Å². The number of carbonyl (C=O) groups excluding carboxylic acids is 1. The van der Waals surface area contributed by atoms with Crippen LogP contribution in [0.4, 0.5) is 13.2 Å². The number of aryl methyl sites for hydroxylation is 1. The SMILES string of the molecule is Cc1ccc2cc(C(=O)N3CCN(S(=O)(=O)c4ccc(Cl)c(C(F)(F)F)c4)CC3)[nH]c2c1. The second-order valence-electron chi connectivity index (χ2n) is 7.61. The van der Waals surface area contributed by atoms with Gasteiger partial charge in [0.25, 0.3) is 5.91 Å². The molecular formula is C21H19ClF3N3O3S. The fourth-order valence-electron chi connectivity index (χ4n) is 3.69. The number of hydrogen-bond acceptors (Lipinski definition) is 3. The zero-order valence-electron chi connectivity index (χ0n) is 16.9. The van der Waals surface area contributed by atoms with Gasteiger partial charge in [0.1, 0.15) is 5.69 Å². The summed E-state index contributed by atoms with van der Waals surface area (Å²) >= 11 is 5.59. The highest BCUT2D eigenvalue weighted by Gasteiger charge is 2.36. The molecule has 0 saturated carbocycles. The summed E-state index contributed by atoms with van der Waals surface area (Å²) in [6.07, 6.45) is -4.77. The second-order valence-corrected chi connectivity index (χ2v) is 9.95. The van der Waals surface area contributed by atoms with Crippen LogP contribution < -0.4 is 0 Å². The Morgan fingerprint density at radius 2 is 1.72 bits per heavy atom. The van der Waals surface area contributed by atoms with Crippen molar-refractivity contribution in [3.8, 4) is 0 Å². The Labute approximate surface area is 187 Å². The van der Waals surface area contributed by atoms with Gasteiger partial charge >= 0.3 is 6.18 Å². The molecule has 1 aromatic heterocycles. The first kappa shape index (κ1) is 22.6. The number of benzene rings is 2. The van der Waals surface area contributed by atoms with Crippen LogP contribution in [0.3, 0.4) is 0 Å². The average Bonchev–Trinajstić information content (AvgIpc) is 3.15. The molecule has 0 bridgehead atoms. The van der Waals surface area contributed by atoms with E-state index in [1.165, 1.54) is 4.90 Å². The van der Waals surface area contributed by atoms with Crippen molar-refractivity contribution < 1.29 is 26.4 Å². The zero-order valence-corrected chi connectivity index (χ0v) is 18.5. The number of aromatic amines is 1. The van der Waals surface area contributed by atoms with Crippen molar-refractivity contribution in [2.24, 2.45) is 0 Å². The van der Waals surface area contributed by atoms with Gasteiger partial charge in [0.2, 0.25) is 10.0 Å². The fraction of sp³-hybridized carbons (Fsp3) is 0.286. The van der Waals surface area contributed by atoms with Gasteiger partial charge in [0.05, 0.1) is 15.5 Å². The number of H-pyrrole nitrogens is 1. The second kappa shape index (κ2) is 8.09. The summed E-state index contributed by atoms with van der Waals surface area (Å²) in [5.74, 6) is -0.262. The monoisotopic (exact) mass is 485 g/mol. The van der Waals surface area contributed by atoms with E-state index in [1.54, 1.807) is 6.07 Å². The predicted molar refractivity (Wildman–Crippen MR) is 114 cm³/mol. The van der Waals surface area contributed by atoms with Crippen molar-refractivity contribution in [3.63, 3.8) is 0 Å². The number of piperazine rings is 1. The first-order chi connectivity index (χ1) is 15.0. The lowest BCUT2D eigenvalue weighted by Crippen LogP contribution is -2.50. The first-order valence-corrected chi connectivity index (χ1v) is 11.5. The maximum absolute atomic E-state index is 13.1. The molecule has 3 aromatic rings. The summed E-state index contributed by atoms with van der Waals surface area (Å²) in [5, 5.41) is 0.323. The Balaban J connectivity index is 1.49. The minimum absolute atomic E-state index is 0.0304. The maximum Gasteiger partial charge on any atom is 0.417 e. The molecule has 1 aliphatic rings. The number of nitrogens with one attached hydrogen (secondary N) is 1. The highest BCUT2D eigenvalue weighted by molar-refractivity contribution is 7.89. The average molecular weight is 486 g/mol. The van der Waals surface area contributed by atoms with E-state index >= 15 is 0 Å². The maximum atomic E-state index is 13.1. The number of amides is 1. The topological polar surface area (TPSA) is 73.5 Å². The van der Waals surface area contributed by atoms with Crippen molar-refractivity contribution >= 4 is 38.4 Å². The molecule has 1 aliphatic heterocycles. The van der Waals surface area contributed by atoms with Gasteiger partial charge < -0.3 is 9.88 Å². The largest absolute Gasteiger partial charge is 0.417 e. The molecule has 2 heterocycles. The summed E-state index contributed by atoms with van der Waals surface area (Å²) < 4.78 is 66.2. The van der Waals surface area contributed by atoms with Crippen LogP contribution in [0, 0.1) is 6.92 Å². The Hall–Kier alpha value is -2.56. The summed E-state index contributed by atoms with van der Waals surface area (Å²) in [4.78, 5) is 17.0. The number of hydrogen-bond donors (Lipinski definition) is 1. The lowest BCUT2D eigenvalue weighted by molar-refractivity contribution is -0.137. The lowest BCUT2D eigenvalue weighted by Gasteiger charge is -2.33. The molecule has 1 saturated heterocycles.